The molecule has 0 radical (unpaired) electrons. The van der Waals surface area contributed by atoms with Gasteiger partial charge in [-0.25, -0.2) is 4.79 Å². The molecule has 0 fully saturated rings. The molecular weight excluding hydrogens is 258 g/mol. The lowest BCUT2D eigenvalue weighted by atomic mass is 10.1. The average Bonchev–Trinajstić information content (AvgIpc) is 2.42. The molecule has 0 bridgehead atoms. The molecule has 1 unspecified atom stereocenters. The van der Waals surface area contributed by atoms with Gasteiger partial charge in [0.1, 0.15) is 6.04 Å². The first-order chi connectivity index (χ1) is 9.19. The van der Waals surface area contributed by atoms with E-state index in [4.69, 9.17) is 4.74 Å². The largest absolute Gasteiger partial charge is 0.464 e. The van der Waals surface area contributed by atoms with Gasteiger partial charge in [0.15, 0.2) is 0 Å². The van der Waals surface area contributed by atoms with E-state index in [-0.39, 0.29) is 12.0 Å². The van der Waals surface area contributed by atoms with Crippen molar-refractivity contribution in [2.75, 3.05) is 23.9 Å². The highest BCUT2D eigenvalue weighted by Crippen LogP contribution is 2.17. The summed E-state index contributed by atoms with van der Waals surface area (Å²) in [5.74, 6) is 0.782. The topological polar surface area (TPSA) is 38.3 Å². The third-order valence-corrected chi connectivity index (χ3v) is 3.46. The van der Waals surface area contributed by atoms with Gasteiger partial charge in [-0.05, 0) is 43.4 Å². The maximum absolute atomic E-state index is 12.0. The Hall–Kier alpha value is -1.16. The summed E-state index contributed by atoms with van der Waals surface area (Å²) >= 11 is 1.74. The van der Waals surface area contributed by atoms with Crippen LogP contribution in [0.4, 0.5) is 5.69 Å². The second kappa shape index (κ2) is 8.86. The molecule has 0 amide bonds. The van der Waals surface area contributed by atoms with Crippen LogP contribution in [0.2, 0.25) is 0 Å². The molecule has 3 nitrogen and oxygen atoms in total. The summed E-state index contributed by atoms with van der Waals surface area (Å²) in [5.41, 5.74) is 2.14. The average molecular weight is 281 g/mol. The normalized spacial score (nSPS) is 11.9. The smallest absolute Gasteiger partial charge is 0.328 e. The predicted molar refractivity (Wildman–Crippen MR) is 82.8 cm³/mol. The lowest BCUT2D eigenvalue weighted by Crippen LogP contribution is -2.32. The van der Waals surface area contributed by atoms with Crippen LogP contribution >= 0.6 is 11.8 Å². The number of hydrogen-bond acceptors (Lipinski definition) is 4. The first kappa shape index (κ1) is 15.9. The van der Waals surface area contributed by atoms with E-state index >= 15 is 0 Å². The zero-order chi connectivity index (χ0) is 14.1. The number of carbonyl (C=O) groups excluding carboxylic acids is 1. The van der Waals surface area contributed by atoms with E-state index in [0.29, 0.717) is 6.61 Å². The minimum atomic E-state index is -0.264. The van der Waals surface area contributed by atoms with Crippen molar-refractivity contribution in [3.05, 3.63) is 29.8 Å². The quantitative estimate of drug-likeness (QED) is 0.740. The molecule has 0 aliphatic carbocycles. The molecule has 1 aromatic carbocycles. The van der Waals surface area contributed by atoms with Gasteiger partial charge >= 0.3 is 5.97 Å². The minimum Gasteiger partial charge on any atom is -0.464 e. The van der Waals surface area contributed by atoms with Gasteiger partial charge in [-0.15, -0.1) is 0 Å². The van der Waals surface area contributed by atoms with Crippen LogP contribution < -0.4 is 5.32 Å². The van der Waals surface area contributed by atoms with Crippen LogP contribution in [-0.2, 0) is 9.53 Å². The van der Waals surface area contributed by atoms with Gasteiger partial charge in [0, 0.05) is 5.69 Å². The summed E-state index contributed by atoms with van der Waals surface area (Å²) in [6.45, 7) is 4.52. The summed E-state index contributed by atoms with van der Waals surface area (Å²) in [6.07, 6.45) is 3.67. The van der Waals surface area contributed by atoms with Crippen molar-refractivity contribution in [3.63, 3.8) is 0 Å². The molecule has 19 heavy (non-hydrogen) atoms. The van der Waals surface area contributed by atoms with E-state index < -0.39 is 0 Å². The second-order valence-electron chi connectivity index (χ2n) is 4.46. The van der Waals surface area contributed by atoms with Gasteiger partial charge in [-0.1, -0.05) is 25.1 Å². The molecule has 0 heterocycles. The third-order valence-electron chi connectivity index (χ3n) is 2.82. The Morgan fingerprint density at radius 2 is 2.16 bits per heavy atom. The van der Waals surface area contributed by atoms with Gasteiger partial charge in [0.05, 0.1) is 6.61 Å². The van der Waals surface area contributed by atoms with Gasteiger partial charge in [0.25, 0.3) is 0 Å². The lowest BCUT2D eigenvalue weighted by Gasteiger charge is -2.19. The Balaban J connectivity index is 2.68. The molecule has 1 rings (SSSR count). The molecule has 0 aliphatic rings. The molecule has 0 aliphatic heterocycles. The SMILES string of the molecule is CCCOC(=O)C(CCSC)Nc1ccccc1C. The molecule has 1 N–H and O–H groups in total. The first-order valence-electron chi connectivity index (χ1n) is 6.66. The molecule has 0 spiro atoms. The number of thioether (sulfide) groups is 1. The fourth-order valence-corrected chi connectivity index (χ4v) is 2.18. The van der Waals surface area contributed by atoms with Crippen molar-refractivity contribution < 1.29 is 9.53 Å². The zero-order valence-electron chi connectivity index (χ0n) is 11.9. The highest BCUT2D eigenvalue weighted by molar-refractivity contribution is 7.98. The van der Waals surface area contributed by atoms with Gasteiger partial charge in [0.2, 0.25) is 0 Å². The van der Waals surface area contributed by atoms with E-state index in [2.05, 4.69) is 5.32 Å². The maximum atomic E-state index is 12.0. The first-order valence-corrected chi connectivity index (χ1v) is 8.06. The van der Waals surface area contributed by atoms with Crippen LogP contribution in [0.5, 0.6) is 0 Å². The van der Waals surface area contributed by atoms with Crippen LogP contribution in [0.1, 0.15) is 25.3 Å². The highest BCUT2D eigenvalue weighted by atomic mass is 32.2. The summed E-state index contributed by atoms with van der Waals surface area (Å²) in [4.78, 5) is 12.0. The van der Waals surface area contributed by atoms with Crippen molar-refractivity contribution in [2.45, 2.75) is 32.7 Å². The Labute approximate surface area is 120 Å². The standard InChI is InChI=1S/C15H23NO2S/c1-4-10-18-15(17)14(9-11-19-3)16-13-8-6-5-7-12(13)2/h5-8,14,16H,4,9-11H2,1-3H3. The number of benzene rings is 1. The molecule has 0 aromatic heterocycles. The molecule has 106 valence electrons. The van der Waals surface area contributed by atoms with Gasteiger partial charge < -0.3 is 10.1 Å². The summed E-state index contributed by atoms with van der Waals surface area (Å²) in [6, 6.07) is 7.73. The minimum absolute atomic E-state index is 0.154. The number of anilines is 1. The Bertz CT molecular complexity index is 395. The molecule has 1 atom stereocenters. The Kier molecular flexibility index (Phi) is 7.41. The van der Waals surface area contributed by atoms with E-state index in [9.17, 15) is 4.79 Å². The Morgan fingerprint density at radius 3 is 2.79 bits per heavy atom. The number of carbonyl (C=O) groups is 1. The molecular formula is C15H23NO2S. The van der Waals surface area contributed by atoms with Crippen molar-refractivity contribution >= 4 is 23.4 Å². The van der Waals surface area contributed by atoms with Crippen LogP contribution in [0.3, 0.4) is 0 Å². The Morgan fingerprint density at radius 1 is 1.42 bits per heavy atom. The fourth-order valence-electron chi connectivity index (χ4n) is 1.71. The van der Waals surface area contributed by atoms with E-state index in [1.54, 1.807) is 11.8 Å². The number of nitrogens with one attached hydrogen (secondary N) is 1. The molecule has 4 heteroatoms. The van der Waals surface area contributed by atoms with Gasteiger partial charge in [-0.2, -0.15) is 11.8 Å². The second-order valence-corrected chi connectivity index (χ2v) is 5.45. The predicted octanol–water partition coefficient (Wildman–Crippen LogP) is 3.48. The lowest BCUT2D eigenvalue weighted by molar-refractivity contribution is -0.144. The number of aryl methyl sites for hydroxylation is 1. The van der Waals surface area contributed by atoms with E-state index in [0.717, 1.165) is 29.8 Å². The van der Waals surface area contributed by atoms with Crippen LogP contribution in [0, 0.1) is 6.92 Å². The third kappa shape index (κ3) is 5.55. The summed E-state index contributed by atoms with van der Waals surface area (Å²) in [5, 5.41) is 3.30. The number of ether oxygens (including phenoxy) is 1. The van der Waals surface area contributed by atoms with Crippen molar-refractivity contribution in [2.24, 2.45) is 0 Å². The molecule has 1 aromatic rings. The number of para-hydroxylation sites is 1. The number of esters is 1. The molecule has 0 saturated carbocycles. The van der Waals surface area contributed by atoms with Crippen LogP contribution in [0.15, 0.2) is 24.3 Å². The van der Waals surface area contributed by atoms with Crippen LogP contribution in [-0.4, -0.2) is 30.6 Å². The van der Waals surface area contributed by atoms with Crippen LogP contribution in [0.25, 0.3) is 0 Å². The maximum Gasteiger partial charge on any atom is 0.328 e. The summed E-state index contributed by atoms with van der Waals surface area (Å²) in [7, 11) is 0. The fraction of sp³-hybridized carbons (Fsp3) is 0.533. The highest BCUT2D eigenvalue weighted by Gasteiger charge is 2.19. The van der Waals surface area contributed by atoms with Crippen molar-refractivity contribution in [1.82, 2.24) is 0 Å². The summed E-state index contributed by atoms with van der Waals surface area (Å²) < 4.78 is 5.25. The zero-order valence-corrected chi connectivity index (χ0v) is 12.8. The molecule has 0 saturated heterocycles. The van der Waals surface area contributed by atoms with E-state index in [1.165, 1.54) is 0 Å². The van der Waals surface area contributed by atoms with E-state index in [1.807, 2.05) is 44.4 Å². The monoisotopic (exact) mass is 281 g/mol. The van der Waals surface area contributed by atoms with Crippen molar-refractivity contribution in [3.8, 4) is 0 Å². The number of hydrogen-bond donors (Lipinski definition) is 1. The van der Waals surface area contributed by atoms with Crippen molar-refractivity contribution in [1.29, 1.82) is 0 Å². The van der Waals surface area contributed by atoms with Gasteiger partial charge in [-0.3, -0.25) is 0 Å². The number of rotatable bonds is 8.